The molecule has 4 aromatic rings. The van der Waals surface area contributed by atoms with Crippen LogP contribution in [0.3, 0.4) is 0 Å². The maximum atomic E-state index is 12.6. The molecule has 0 bridgehead atoms. The summed E-state index contributed by atoms with van der Waals surface area (Å²) < 4.78 is 0. The first-order valence-corrected chi connectivity index (χ1v) is 11.7. The first-order valence-electron chi connectivity index (χ1n) is 8.92. The summed E-state index contributed by atoms with van der Waals surface area (Å²) in [7, 11) is 0. The highest BCUT2D eigenvalue weighted by Crippen LogP contribution is 2.26. The SMILES string of the molecule is O=C(CSc1n[nH]c(/C=C/c2cccs2)n1)NC(c1ccccc1)c1cccs1. The lowest BCUT2D eigenvalue weighted by Crippen LogP contribution is -2.30. The standard InChI is InChI=1S/C21H18N4OS3/c26-19(23-20(17-9-5-13-28-17)15-6-2-1-3-7-15)14-29-21-22-18(24-25-21)11-10-16-8-4-12-27-16/h1-13,20H,14H2,(H,23,26)(H,22,24,25)/b11-10+. The van der Waals surface area contributed by atoms with Crippen LogP contribution in [0.15, 0.2) is 70.5 Å². The van der Waals surface area contributed by atoms with E-state index in [1.165, 1.54) is 11.8 Å². The highest BCUT2D eigenvalue weighted by atomic mass is 32.2. The zero-order valence-electron chi connectivity index (χ0n) is 15.3. The molecule has 1 aromatic carbocycles. The minimum absolute atomic E-state index is 0.0577. The number of rotatable bonds is 8. The van der Waals surface area contributed by atoms with E-state index in [4.69, 9.17) is 0 Å². The Morgan fingerprint density at radius 1 is 1.07 bits per heavy atom. The van der Waals surface area contributed by atoms with Crippen molar-refractivity contribution in [3.63, 3.8) is 0 Å². The maximum absolute atomic E-state index is 12.6. The van der Waals surface area contributed by atoms with Gasteiger partial charge in [-0.15, -0.1) is 27.8 Å². The monoisotopic (exact) mass is 438 g/mol. The van der Waals surface area contributed by atoms with Crippen LogP contribution in [0.5, 0.6) is 0 Å². The number of nitrogens with one attached hydrogen (secondary N) is 2. The van der Waals surface area contributed by atoms with E-state index < -0.39 is 0 Å². The van der Waals surface area contributed by atoms with Crippen molar-refractivity contribution in [1.29, 1.82) is 0 Å². The zero-order valence-corrected chi connectivity index (χ0v) is 17.8. The normalized spacial score (nSPS) is 12.3. The predicted octanol–water partition coefficient (Wildman–Crippen LogP) is 5.10. The fraction of sp³-hybridized carbons (Fsp3) is 0.0952. The number of hydrogen-bond acceptors (Lipinski definition) is 6. The van der Waals surface area contributed by atoms with Crippen molar-refractivity contribution in [2.45, 2.75) is 11.2 Å². The van der Waals surface area contributed by atoms with Crippen LogP contribution in [0.1, 0.15) is 27.2 Å². The lowest BCUT2D eigenvalue weighted by molar-refractivity contribution is -0.119. The summed E-state index contributed by atoms with van der Waals surface area (Å²) in [6.45, 7) is 0. The Bertz CT molecular complexity index is 1060. The molecule has 2 N–H and O–H groups in total. The maximum Gasteiger partial charge on any atom is 0.231 e. The third-order valence-electron chi connectivity index (χ3n) is 4.03. The lowest BCUT2D eigenvalue weighted by Gasteiger charge is -2.17. The fourth-order valence-corrected chi connectivity index (χ4v) is 4.73. The van der Waals surface area contributed by atoms with Gasteiger partial charge in [-0.1, -0.05) is 54.2 Å². The molecular formula is C21H18N4OS3. The van der Waals surface area contributed by atoms with Crippen LogP contribution < -0.4 is 5.32 Å². The van der Waals surface area contributed by atoms with Crippen molar-refractivity contribution in [2.75, 3.05) is 5.75 Å². The van der Waals surface area contributed by atoms with Gasteiger partial charge in [0.1, 0.15) is 5.82 Å². The van der Waals surface area contributed by atoms with E-state index in [0.29, 0.717) is 11.0 Å². The van der Waals surface area contributed by atoms with Gasteiger partial charge in [0.25, 0.3) is 0 Å². The number of carbonyl (C=O) groups excluding carboxylic acids is 1. The van der Waals surface area contributed by atoms with E-state index in [0.717, 1.165) is 15.3 Å². The largest absolute Gasteiger partial charge is 0.344 e. The van der Waals surface area contributed by atoms with Crippen LogP contribution >= 0.6 is 34.4 Å². The Morgan fingerprint density at radius 2 is 1.90 bits per heavy atom. The van der Waals surface area contributed by atoms with Crippen LogP contribution in [0.2, 0.25) is 0 Å². The van der Waals surface area contributed by atoms with Crippen molar-refractivity contribution in [1.82, 2.24) is 20.5 Å². The number of carbonyl (C=O) groups is 1. The average molecular weight is 439 g/mol. The molecule has 0 saturated carbocycles. The smallest absolute Gasteiger partial charge is 0.231 e. The fourth-order valence-electron chi connectivity index (χ4n) is 2.70. The number of nitrogens with zero attached hydrogens (tertiary/aromatic N) is 2. The Kier molecular flexibility index (Phi) is 6.56. The second kappa shape index (κ2) is 9.69. The number of aromatic amines is 1. The molecule has 146 valence electrons. The number of benzene rings is 1. The second-order valence-electron chi connectivity index (χ2n) is 6.07. The molecule has 0 aliphatic rings. The van der Waals surface area contributed by atoms with E-state index in [2.05, 4.69) is 20.5 Å². The third kappa shape index (κ3) is 5.44. The molecule has 0 spiro atoms. The van der Waals surface area contributed by atoms with Gasteiger partial charge >= 0.3 is 0 Å². The predicted molar refractivity (Wildman–Crippen MR) is 121 cm³/mol. The number of thioether (sulfide) groups is 1. The van der Waals surface area contributed by atoms with Crippen LogP contribution in [0.4, 0.5) is 0 Å². The number of thiophene rings is 2. The van der Waals surface area contributed by atoms with Crippen LogP contribution in [-0.4, -0.2) is 26.8 Å². The summed E-state index contributed by atoms with van der Waals surface area (Å²) in [4.78, 5) is 19.2. The zero-order chi connectivity index (χ0) is 19.9. The van der Waals surface area contributed by atoms with E-state index >= 15 is 0 Å². The van der Waals surface area contributed by atoms with Crippen molar-refractivity contribution < 1.29 is 4.79 Å². The van der Waals surface area contributed by atoms with Crippen LogP contribution in [-0.2, 0) is 4.79 Å². The van der Waals surface area contributed by atoms with Crippen LogP contribution in [0.25, 0.3) is 12.2 Å². The Balaban J connectivity index is 1.35. The van der Waals surface area contributed by atoms with Gasteiger partial charge < -0.3 is 5.32 Å². The van der Waals surface area contributed by atoms with E-state index in [1.807, 2.05) is 77.5 Å². The summed E-state index contributed by atoms with van der Waals surface area (Å²) >= 11 is 4.61. The molecule has 0 radical (unpaired) electrons. The van der Waals surface area contributed by atoms with Crippen molar-refractivity contribution in [2.24, 2.45) is 0 Å². The average Bonchev–Trinajstić information content (AvgIpc) is 3.52. The van der Waals surface area contributed by atoms with Gasteiger partial charge in [-0.2, -0.15) is 0 Å². The summed E-state index contributed by atoms with van der Waals surface area (Å²) in [6.07, 6.45) is 3.86. The summed E-state index contributed by atoms with van der Waals surface area (Å²) in [6, 6.07) is 17.9. The molecule has 8 heteroatoms. The van der Waals surface area contributed by atoms with Gasteiger partial charge in [0, 0.05) is 9.75 Å². The Hall–Kier alpha value is -2.68. The molecule has 1 amide bonds. The molecular weight excluding hydrogens is 420 g/mol. The van der Waals surface area contributed by atoms with Gasteiger partial charge in [-0.3, -0.25) is 9.89 Å². The molecule has 1 unspecified atom stereocenters. The third-order valence-corrected chi connectivity index (χ3v) is 6.65. The van der Waals surface area contributed by atoms with Crippen LogP contribution in [0, 0.1) is 0 Å². The molecule has 3 aromatic heterocycles. The summed E-state index contributed by atoms with van der Waals surface area (Å²) in [5, 5.41) is 14.8. The van der Waals surface area contributed by atoms with Crippen molar-refractivity contribution >= 4 is 52.5 Å². The number of hydrogen-bond donors (Lipinski definition) is 2. The van der Waals surface area contributed by atoms with E-state index in [-0.39, 0.29) is 17.7 Å². The lowest BCUT2D eigenvalue weighted by atomic mass is 10.1. The van der Waals surface area contributed by atoms with E-state index in [9.17, 15) is 4.79 Å². The Labute approximate surface area is 180 Å². The summed E-state index contributed by atoms with van der Waals surface area (Å²) in [5.74, 6) is 0.862. The first-order chi connectivity index (χ1) is 14.3. The molecule has 29 heavy (non-hydrogen) atoms. The highest BCUT2D eigenvalue weighted by molar-refractivity contribution is 7.99. The molecule has 5 nitrogen and oxygen atoms in total. The van der Waals surface area contributed by atoms with Gasteiger partial charge in [0.05, 0.1) is 11.8 Å². The molecule has 0 aliphatic carbocycles. The van der Waals surface area contributed by atoms with Gasteiger partial charge in [0.2, 0.25) is 11.1 Å². The first kappa shape index (κ1) is 19.6. The molecule has 0 fully saturated rings. The van der Waals surface area contributed by atoms with Gasteiger partial charge in [-0.05, 0) is 40.6 Å². The molecule has 0 saturated heterocycles. The summed E-state index contributed by atoms with van der Waals surface area (Å²) in [5.41, 5.74) is 1.06. The minimum Gasteiger partial charge on any atom is -0.344 e. The molecule has 1 atom stereocenters. The molecule has 3 heterocycles. The molecule has 4 rings (SSSR count). The van der Waals surface area contributed by atoms with E-state index in [1.54, 1.807) is 22.7 Å². The molecule has 0 aliphatic heterocycles. The number of amides is 1. The second-order valence-corrected chi connectivity index (χ2v) is 8.97. The number of aromatic nitrogens is 3. The number of H-pyrrole nitrogens is 1. The van der Waals surface area contributed by atoms with Gasteiger partial charge in [-0.25, -0.2) is 4.98 Å². The van der Waals surface area contributed by atoms with Crippen molar-refractivity contribution in [3.05, 3.63) is 86.5 Å². The van der Waals surface area contributed by atoms with Crippen molar-refractivity contribution in [3.8, 4) is 0 Å². The minimum atomic E-state index is -0.152. The topological polar surface area (TPSA) is 70.7 Å². The highest BCUT2D eigenvalue weighted by Gasteiger charge is 2.18. The quantitative estimate of drug-likeness (QED) is 0.376. The Morgan fingerprint density at radius 3 is 2.66 bits per heavy atom. The van der Waals surface area contributed by atoms with Gasteiger partial charge in [0.15, 0.2) is 0 Å².